The maximum atomic E-state index is 12.3. The van der Waals surface area contributed by atoms with E-state index >= 15 is 0 Å². The summed E-state index contributed by atoms with van der Waals surface area (Å²) in [6, 6.07) is 0. The fraction of sp³-hybridized carbons (Fsp3) is 0.647. The zero-order valence-electron chi connectivity index (χ0n) is 16.0. The molecular formula is C17H24ClN5O5. The highest BCUT2D eigenvalue weighted by atomic mass is 35.5. The fourth-order valence-electron chi connectivity index (χ4n) is 3.35. The Kier molecular flexibility index (Phi) is 5.39. The minimum Gasteiger partial charge on any atom is -0.444 e. The number of nitrogens with one attached hydrogen (secondary N) is 1. The Balaban J connectivity index is 1.80. The summed E-state index contributed by atoms with van der Waals surface area (Å²) in [5, 5.41) is 24.3. The van der Waals surface area contributed by atoms with Crippen LogP contribution >= 0.6 is 11.6 Å². The van der Waals surface area contributed by atoms with Gasteiger partial charge in [-0.1, -0.05) is 0 Å². The van der Waals surface area contributed by atoms with Crippen molar-refractivity contribution in [3.05, 3.63) is 21.8 Å². The molecule has 1 amide bonds. The largest absolute Gasteiger partial charge is 0.444 e. The van der Waals surface area contributed by atoms with Crippen molar-refractivity contribution in [3.63, 3.8) is 0 Å². The quantitative estimate of drug-likeness (QED) is 0.506. The molecule has 0 aliphatic carbocycles. The van der Waals surface area contributed by atoms with Gasteiger partial charge in [0.05, 0.1) is 12.7 Å². The third kappa shape index (κ3) is 4.13. The van der Waals surface area contributed by atoms with Gasteiger partial charge in [0.25, 0.3) is 5.56 Å². The molecule has 1 aliphatic rings. The van der Waals surface area contributed by atoms with Crippen molar-refractivity contribution >= 4 is 28.7 Å². The van der Waals surface area contributed by atoms with Gasteiger partial charge < -0.3 is 19.8 Å². The molecule has 1 aliphatic heterocycles. The lowest BCUT2D eigenvalue weighted by molar-refractivity contribution is -0.160. The van der Waals surface area contributed by atoms with Crippen LogP contribution in [0.4, 0.5) is 4.79 Å². The lowest BCUT2D eigenvalue weighted by atomic mass is 9.77. The van der Waals surface area contributed by atoms with Crippen molar-refractivity contribution in [3.8, 4) is 0 Å². The normalized spacial score (nSPS) is 17.3. The first-order valence-corrected chi connectivity index (χ1v) is 9.34. The third-order valence-corrected chi connectivity index (χ3v) is 5.07. The SMILES string of the molecule is CC(C)(C)OC(=O)N1CCC(Cn2ncc3nc(Cl)[nH]c(=O)c32)(C(O)O)CC1. The number of hydrogen-bond acceptors (Lipinski definition) is 7. The second-order valence-electron chi connectivity index (χ2n) is 8.10. The summed E-state index contributed by atoms with van der Waals surface area (Å²) in [4.78, 5) is 32.5. The number of aromatic nitrogens is 4. The predicted molar refractivity (Wildman–Crippen MR) is 101 cm³/mol. The van der Waals surface area contributed by atoms with E-state index in [1.165, 1.54) is 10.9 Å². The number of halogens is 1. The molecular weight excluding hydrogens is 390 g/mol. The van der Waals surface area contributed by atoms with Crippen molar-refractivity contribution < 1.29 is 19.7 Å². The molecule has 154 valence electrons. The summed E-state index contributed by atoms with van der Waals surface area (Å²) in [6.45, 7) is 6.05. The van der Waals surface area contributed by atoms with E-state index < -0.39 is 29.0 Å². The highest BCUT2D eigenvalue weighted by molar-refractivity contribution is 6.28. The van der Waals surface area contributed by atoms with E-state index in [0.717, 1.165) is 0 Å². The average Bonchev–Trinajstić information content (AvgIpc) is 2.96. The fourth-order valence-corrected chi connectivity index (χ4v) is 3.53. The highest BCUT2D eigenvalue weighted by Crippen LogP contribution is 2.37. The Bertz CT molecular complexity index is 924. The molecule has 0 unspecified atom stereocenters. The van der Waals surface area contributed by atoms with E-state index in [1.807, 2.05) is 0 Å². The van der Waals surface area contributed by atoms with E-state index in [-0.39, 0.29) is 17.3 Å². The number of carbonyl (C=O) groups excluding carboxylic acids is 1. The van der Waals surface area contributed by atoms with Crippen LogP contribution in [0.25, 0.3) is 11.0 Å². The standard InChI is InChI=1S/C17H24ClN5O5/c1-16(2,3)28-15(27)22-6-4-17(5-7-22,13(25)26)9-23-11-10(8-19-23)20-14(18)21-12(11)24/h8,13,25-26H,4-7,9H2,1-3H3,(H,20,21,24). The number of aromatic amines is 1. The Morgan fingerprint density at radius 1 is 1.39 bits per heavy atom. The van der Waals surface area contributed by atoms with Crippen LogP contribution in [0.15, 0.2) is 11.0 Å². The minimum absolute atomic E-state index is 0.0420. The van der Waals surface area contributed by atoms with E-state index in [4.69, 9.17) is 16.3 Å². The van der Waals surface area contributed by atoms with E-state index in [2.05, 4.69) is 15.1 Å². The van der Waals surface area contributed by atoms with Gasteiger partial charge in [0.15, 0.2) is 11.8 Å². The molecule has 0 spiro atoms. The number of H-pyrrole nitrogens is 1. The summed E-state index contributed by atoms with van der Waals surface area (Å²) >= 11 is 5.76. The molecule has 10 nitrogen and oxygen atoms in total. The van der Waals surface area contributed by atoms with Gasteiger partial charge in [-0.25, -0.2) is 9.78 Å². The molecule has 0 saturated carbocycles. The molecule has 28 heavy (non-hydrogen) atoms. The zero-order chi connectivity index (χ0) is 20.7. The monoisotopic (exact) mass is 413 g/mol. The molecule has 11 heteroatoms. The number of fused-ring (bicyclic) bond motifs is 1. The molecule has 2 aromatic rings. The van der Waals surface area contributed by atoms with Crippen LogP contribution in [-0.2, 0) is 11.3 Å². The molecule has 3 rings (SSSR count). The molecule has 3 N–H and O–H groups in total. The maximum Gasteiger partial charge on any atom is 0.410 e. The van der Waals surface area contributed by atoms with Crippen LogP contribution in [0.5, 0.6) is 0 Å². The maximum absolute atomic E-state index is 12.3. The summed E-state index contributed by atoms with van der Waals surface area (Å²) in [7, 11) is 0. The molecule has 2 aromatic heterocycles. The molecule has 3 heterocycles. The van der Waals surface area contributed by atoms with Crippen LogP contribution in [0, 0.1) is 5.41 Å². The van der Waals surface area contributed by atoms with Crippen LogP contribution in [0.1, 0.15) is 33.6 Å². The smallest absolute Gasteiger partial charge is 0.410 e. The van der Waals surface area contributed by atoms with Crippen LogP contribution in [-0.4, -0.2) is 65.9 Å². The number of amides is 1. The minimum atomic E-state index is -1.65. The summed E-state index contributed by atoms with van der Waals surface area (Å²) < 4.78 is 6.78. The number of nitrogens with zero attached hydrogens (tertiary/aromatic N) is 4. The number of aliphatic hydroxyl groups excluding tert-OH is 1. The Labute approximate surface area is 166 Å². The second-order valence-corrected chi connectivity index (χ2v) is 8.45. The Morgan fingerprint density at radius 2 is 2.04 bits per heavy atom. The molecule has 0 atom stereocenters. The van der Waals surface area contributed by atoms with E-state index in [1.54, 1.807) is 25.7 Å². The van der Waals surface area contributed by atoms with Crippen molar-refractivity contribution in [2.75, 3.05) is 13.1 Å². The summed E-state index contributed by atoms with van der Waals surface area (Å²) in [5.41, 5.74) is -1.50. The van der Waals surface area contributed by atoms with Crippen molar-refractivity contribution in [2.45, 2.75) is 52.0 Å². The number of aliphatic hydroxyl groups is 2. The molecule has 1 saturated heterocycles. The number of rotatable bonds is 3. The Morgan fingerprint density at radius 3 is 2.61 bits per heavy atom. The second kappa shape index (κ2) is 7.34. The third-order valence-electron chi connectivity index (χ3n) is 4.89. The number of likely N-dealkylation sites (tertiary alicyclic amines) is 1. The first kappa shape index (κ1) is 20.6. The van der Waals surface area contributed by atoms with Gasteiger partial charge in [0, 0.05) is 18.5 Å². The number of hydrogen-bond donors (Lipinski definition) is 3. The van der Waals surface area contributed by atoms with Crippen LogP contribution in [0.2, 0.25) is 5.28 Å². The topological polar surface area (TPSA) is 134 Å². The first-order valence-electron chi connectivity index (χ1n) is 8.96. The van der Waals surface area contributed by atoms with Crippen molar-refractivity contribution in [2.24, 2.45) is 5.41 Å². The van der Waals surface area contributed by atoms with Crippen LogP contribution < -0.4 is 5.56 Å². The van der Waals surface area contributed by atoms with Crippen LogP contribution in [0.3, 0.4) is 0 Å². The molecule has 0 bridgehead atoms. The summed E-state index contributed by atoms with van der Waals surface area (Å²) in [6.07, 6.45) is -0.0572. The molecule has 0 radical (unpaired) electrons. The van der Waals surface area contributed by atoms with Crippen molar-refractivity contribution in [1.29, 1.82) is 0 Å². The first-order chi connectivity index (χ1) is 13.0. The van der Waals surface area contributed by atoms with Gasteiger partial charge in [-0.2, -0.15) is 5.10 Å². The average molecular weight is 414 g/mol. The van der Waals surface area contributed by atoms with Gasteiger partial charge in [-0.05, 0) is 45.2 Å². The number of ether oxygens (including phenoxy) is 1. The predicted octanol–water partition coefficient (Wildman–Crippen LogP) is 1.10. The molecule has 0 aromatic carbocycles. The highest BCUT2D eigenvalue weighted by Gasteiger charge is 2.43. The van der Waals surface area contributed by atoms with E-state index in [9.17, 15) is 19.8 Å². The number of carbonyl (C=O) groups is 1. The lowest BCUT2D eigenvalue weighted by Gasteiger charge is -2.42. The Hall–Kier alpha value is -2.17. The molecule has 1 fully saturated rings. The van der Waals surface area contributed by atoms with Gasteiger partial charge in [-0.15, -0.1) is 0 Å². The van der Waals surface area contributed by atoms with E-state index in [0.29, 0.717) is 31.4 Å². The lowest BCUT2D eigenvalue weighted by Crippen LogP contribution is -2.51. The summed E-state index contributed by atoms with van der Waals surface area (Å²) in [5.74, 6) is 0. The van der Waals surface area contributed by atoms with Gasteiger partial charge in [0.2, 0.25) is 5.28 Å². The van der Waals surface area contributed by atoms with Gasteiger partial charge in [0.1, 0.15) is 11.1 Å². The zero-order valence-corrected chi connectivity index (χ0v) is 16.7. The van der Waals surface area contributed by atoms with Crippen molar-refractivity contribution in [1.82, 2.24) is 24.6 Å². The van der Waals surface area contributed by atoms with Gasteiger partial charge >= 0.3 is 6.09 Å². The van der Waals surface area contributed by atoms with Gasteiger partial charge in [-0.3, -0.25) is 14.5 Å². The number of piperidine rings is 1.